The number of carbonyl (C=O) groups is 1. The molecule has 2 N–H and O–H groups in total. The summed E-state index contributed by atoms with van der Waals surface area (Å²) >= 11 is 0. The Hall–Kier alpha value is -1.67. The number of benzene rings is 1. The van der Waals surface area contributed by atoms with Gasteiger partial charge in [0.2, 0.25) is 5.91 Å². The number of carbonyl (C=O) groups excluding carboxylic acids is 1. The highest BCUT2D eigenvalue weighted by atomic mass is 19.4. The van der Waals surface area contributed by atoms with Crippen LogP contribution in [0, 0.1) is 5.82 Å². The summed E-state index contributed by atoms with van der Waals surface area (Å²) in [5, 5.41) is 12.0. The monoisotopic (exact) mass is 348 g/mol. The molecule has 1 aliphatic rings. The van der Waals surface area contributed by atoms with Gasteiger partial charge in [-0.25, -0.2) is 4.39 Å². The van der Waals surface area contributed by atoms with Gasteiger partial charge >= 0.3 is 6.18 Å². The molecule has 1 aromatic carbocycles. The van der Waals surface area contributed by atoms with Gasteiger partial charge in [-0.05, 0) is 43.5 Å². The predicted molar refractivity (Wildman–Crippen MR) is 79.8 cm³/mol. The lowest BCUT2D eigenvalue weighted by atomic mass is 10.1. The molecule has 0 saturated carbocycles. The Bertz CT molecular complexity index is 548. The van der Waals surface area contributed by atoms with Crippen LogP contribution in [0.15, 0.2) is 24.3 Å². The van der Waals surface area contributed by atoms with Crippen molar-refractivity contribution in [3.8, 4) is 0 Å². The van der Waals surface area contributed by atoms with Gasteiger partial charge < -0.3 is 10.4 Å². The zero-order valence-corrected chi connectivity index (χ0v) is 13.0. The first kappa shape index (κ1) is 18.7. The maximum atomic E-state index is 12.8. The van der Waals surface area contributed by atoms with Gasteiger partial charge in [0.1, 0.15) is 5.82 Å². The summed E-state index contributed by atoms with van der Waals surface area (Å²) < 4.78 is 50.7. The van der Waals surface area contributed by atoms with E-state index in [1.807, 2.05) is 0 Å². The van der Waals surface area contributed by atoms with Crippen LogP contribution >= 0.6 is 0 Å². The SMILES string of the molecule is O=C(CN1CCC[C@H]1[C@@H](O)C(F)(F)F)NCCc1ccc(F)cc1. The summed E-state index contributed by atoms with van der Waals surface area (Å²) in [4.78, 5) is 13.3. The highest BCUT2D eigenvalue weighted by Crippen LogP contribution is 2.30. The molecule has 0 aliphatic carbocycles. The first-order valence-corrected chi connectivity index (χ1v) is 7.77. The van der Waals surface area contributed by atoms with Gasteiger partial charge in [0.15, 0.2) is 6.10 Å². The molecule has 0 unspecified atom stereocenters. The average molecular weight is 348 g/mol. The summed E-state index contributed by atoms with van der Waals surface area (Å²) in [5.41, 5.74) is 0.850. The summed E-state index contributed by atoms with van der Waals surface area (Å²) in [6.45, 7) is 0.481. The second-order valence-electron chi connectivity index (χ2n) is 5.89. The third-order valence-electron chi connectivity index (χ3n) is 4.11. The summed E-state index contributed by atoms with van der Waals surface area (Å²) in [6, 6.07) is 4.79. The van der Waals surface area contributed by atoms with Crippen molar-refractivity contribution in [2.75, 3.05) is 19.6 Å². The highest BCUT2D eigenvalue weighted by Gasteiger charge is 2.47. The van der Waals surface area contributed by atoms with Crippen LogP contribution in [-0.2, 0) is 11.2 Å². The number of aliphatic hydroxyl groups excluding tert-OH is 1. The van der Waals surface area contributed by atoms with E-state index in [1.165, 1.54) is 17.0 Å². The number of likely N-dealkylation sites (tertiary alicyclic amines) is 1. The number of rotatable bonds is 6. The third-order valence-corrected chi connectivity index (χ3v) is 4.11. The van der Waals surface area contributed by atoms with E-state index in [1.54, 1.807) is 12.1 Å². The normalized spacial score (nSPS) is 20.1. The Balaban J connectivity index is 1.78. The molecule has 1 heterocycles. The number of nitrogens with zero attached hydrogens (tertiary/aromatic N) is 1. The number of hydrogen-bond acceptors (Lipinski definition) is 3. The standard InChI is InChI=1S/C16H20F4N2O2/c17-12-5-3-11(4-6-12)7-8-21-14(23)10-22-9-1-2-13(22)15(24)16(18,19)20/h3-6,13,15,24H,1-2,7-10H2,(H,21,23)/t13-,15+/m0/s1. The molecule has 1 fully saturated rings. The molecule has 2 atom stereocenters. The summed E-state index contributed by atoms with van der Waals surface area (Å²) in [5.74, 6) is -0.732. The van der Waals surface area contributed by atoms with E-state index in [0.29, 0.717) is 25.9 Å². The molecular formula is C16H20F4N2O2. The van der Waals surface area contributed by atoms with Crippen molar-refractivity contribution in [3.05, 3.63) is 35.6 Å². The molecule has 1 aromatic rings. The maximum absolute atomic E-state index is 12.8. The Labute approximate surface area is 137 Å². The van der Waals surface area contributed by atoms with E-state index < -0.39 is 24.2 Å². The fraction of sp³-hybridized carbons (Fsp3) is 0.562. The zero-order chi connectivity index (χ0) is 17.7. The lowest BCUT2D eigenvalue weighted by molar-refractivity contribution is -0.219. The summed E-state index contributed by atoms with van der Waals surface area (Å²) in [7, 11) is 0. The minimum atomic E-state index is -4.69. The zero-order valence-electron chi connectivity index (χ0n) is 13.0. The molecule has 4 nitrogen and oxygen atoms in total. The third kappa shape index (κ3) is 5.17. The minimum absolute atomic E-state index is 0.179. The highest BCUT2D eigenvalue weighted by molar-refractivity contribution is 5.78. The second-order valence-corrected chi connectivity index (χ2v) is 5.89. The van der Waals surface area contributed by atoms with Gasteiger partial charge in [-0.1, -0.05) is 12.1 Å². The van der Waals surface area contributed by atoms with E-state index in [9.17, 15) is 27.5 Å². The van der Waals surface area contributed by atoms with Crippen LogP contribution in [0.1, 0.15) is 18.4 Å². The molecule has 8 heteroatoms. The van der Waals surface area contributed by atoms with Gasteiger partial charge in [-0.2, -0.15) is 13.2 Å². The molecule has 2 rings (SSSR count). The molecule has 1 amide bonds. The molecule has 0 spiro atoms. The van der Waals surface area contributed by atoms with Crippen molar-refractivity contribution in [1.29, 1.82) is 0 Å². The van der Waals surface area contributed by atoms with Crippen molar-refractivity contribution in [3.63, 3.8) is 0 Å². The number of aliphatic hydroxyl groups is 1. The maximum Gasteiger partial charge on any atom is 0.415 e. The molecule has 0 bridgehead atoms. The van der Waals surface area contributed by atoms with Gasteiger partial charge in [0.05, 0.1) is 6.54 Å². The van der Waals surface area contributed by atoms with Crippen molar-refractivity contribution in [2.45, 2.75) is 37.6 Å². The Morgan fingerprint density at radius 3 is 2.62 bits per heavy atom. The van der Waals surface area contributed by atoms with E-state index in [4.69, 9.17) is 0 Å². The smallest absolute Gasteiger partial charge is 0.382 e. The predicted octanol–water partition coefficient (Wildman–Crippen LogP) is 1.87. The number of alkyl halides is 3. The Kier molecular flexibility index (Phi) is 6.17. The van der Waals surface area contributed by atoms with E-state index in [2.05, 4.69) is 5.32 Å². The number of nitrogens with one attached hydrogen (secondary N) is 1. The lowest BCUT2D eigenvalue weighted by Crippen LogP contribution is -2.49. The van der Waals surface area contributed by atoms with Crippen LogP contribution in [0.4, 0.5) is 17.6 Å². The topological polar surface area (TPSA) is 52.6 Å². The van der Waals surface area contributed by atoms with Crippen LogP contribution in [-0.4, -0.2) is 53.9 Å². The number of amides is 1. The quantitative estimate of drug-likeness (QED) is 0.772. The molecule has 1 saturated heterocycles. The van der Waals surface area contributed by atoms with Gasteiger partial charge in [0.25, 0.3) is 0 Å². The van der Waals surface area contributed by atoms with Crippen LogP contribution in [0.25, 0.3) is 0 Å². The van der Waals surface area contributed by atoms with Crippen molar-refractivity contribution >= 4 is 5.91 Å². The first-order chi connectivity index (χ1) is 11.3. The van der Waals surface area contributed by atoms with E-state index in [0.717, 1.165) is 5.56 Å². The van der Waals surface area contributed by atoms with Crippen LogP contribution in [0.5, 0.6) is 0 Å². The van der Waals surface area contributed by atoms with E-state index >= 15 is 0 Å². The van der Waals surface area contributed by atoms with Crippen LogP contribution in [0.2, 0.25) is 0 Å². The molecular weight excluding hydrogens is 328 g/mol. The van der Waals surface area contributed by atoms with Crippen molar-refractivity contribution in [2.24, 2.45) is 0 Å². The molecule has 1 aliphatic heterocycles. The molecule has 24 heavy (non-hydrogen) atoms. The lowest BCUT2D eigenvalue weighted by Gasteiger charge is -2.29. The van der Waals surface area contributed by atoms with Gasteiger partial charge in [0, 0.05) is 12.6 Å². The number of hydrogen-bond donors (Lipinski definition) is 2. The number of halogens is 4. The molecule has 134 valence electrons. The molecule has 0 aromatic heterocycles. The van der Waals surface area contributed by atoms with Crippen molar-refractivity contribution in [1.82, 2.24) is 10.2 Å². The van der Waals surface area contributed by atoms with Gasteiger partial charge in [-0.3, -0.25) is 9.69 Å². The fourth-order valence-corrected chi connectivity index (χ4v) is 2.86. The minimum Gasteiger partial charge on any atom is -0.382 e. The van der Waals surface area contributed by atoms with Crippen LogP contribution in [0.3, 0.4) is 0 Å². The molecule has 0 radical (unpaired) electrons. The first-order valence-electron chi connectivity index (χ1n) is 7.77. The largest absolute Gasteiger partial charge is 0.415 e. The van der Waals surface area contributed by atoms with Gasteiger partial charge in [-0.15, -0.1) is 0 Å². The van der Waals surface area contributed by atoms with E-state index in [-0.39, 0.29) is 18.8 Å². The Morgan fingerprint density at radius 2 is 2.00 bits per heavy atom. The Morgan fingerprint density at radius 1 is 1.33 bits per heavy atom. The van der Waals surface area contributed by atoms with Crippen molar-refractivity contribution < 1.29 is 27.5 Å². The second kappa shape index (κ2) is 7.94. The summed E-state index contributed by atoms with van der Waals surface area (Å²) in [6.07, 6.45) is -5.90. The van der Waals surface area contributed by atoms with Crippen LogP contribution < -0.4 is 5.32 Å². The fourth-order valence-electron chi connectivity index (χ4n) is 2.86. The average Bonchev–Trinajstić information content (AvgIpc) is 2.95.